The van der Waals surface area contributed by atoms with Gasteiger partial charge in [-0.15, -0.1) is 6.42 Å². The van der Waals surface area contributed by atoms with Gasteiger partial charge in [-0.25, -0.2) is 18.5 Å². The first-order valence-electron chi connectivity index (χ1n) is 19.9. The smallest absolute Gasteiger partial charge is 0.431 e. The van der Waals surface area contributed by atoms with Crippen LogP contribution in [0, 0.1) is 41.7 Å². The van der Waals surface area contributed by atoms with Crippen molar-refractivity contribution in [2.45, 2.75) is 81.3 Å². The molecule has 3 saturated carbocycles. The van der Waals surface area contributed by atoms with E-state index in [4.69, 9.17) is 15.9 Å². The second-order valence-electron chi connectivity index (χ2n) is 16.9. The SMILES string of the molecule is C#CCN1C(=O)C2(CC2C2CC2CN2C(=O)C3(CC3)Oc3cc(F)c(N4C(=O)C5CC(O)CN5C4=O)cc32)Oc2cc(F)c(N3C(=O)C=C(C(F)(F)F)N(CCC)C3O)cc21. The third kappa shape index (κ3) is 5.72. The Kier molecular flexibility index (Phi) is 8.38. The first kappa shape index (κ1) is 39.2. The highest BCUT2D eigenvalue weighted by Gasteiger charge is 2.72. The Morgan fingerprint density at radius 1 is 0.902 bits per heavy atom. The van der Waals surface area contributed by atoms with E-state index in [2.05, 4.69) is 5.92 Å². The van der Waals surface area contributed by atoms with Crippen molar-refractivity contribution in [3.05, 3.63) is 47.7 Å². The molecular weight excluding hydrogens is 815 g/mol. The number of amides is 6. The summed E-state index contributed by atoms with van der Waals surface area (Å²) in [5.41, 5.74) is -4.91. The molecular formula is C41H37F5N6O9. The number of alkyl halides is 3. The van der Waals surface area contributed by atoms with Crippen molar-refractivity contribution in [3.63, 3.8) is 0 Å². The fourth-order valence-electron chi connectivity index (χ4n) is 9.85. The molecule has 2 N–H and O–H groups in total. The van der Waals surface area contributed by atoms with E-state index in [-0.39, 0.29) is 97.8 Å². The summed E-state index contributed by atoms with van der Waals surface area (Å²) in [4.78, 5) is 73.4. The van der Waals surface area contributed by atoms with E-state index in [1.165, 1.54) is 20.8 Å². The molecule has 7 atom stereocenters. The molecule has 8 aliphatic rings. The fraction of sp³-hybridized carbons (Fsp3) is 0.488. The number of anilines is 4. The number of urea groups is 1. The normalized spacial score (nSPS) is 30.7. The number of hydrogen-bond donors (Lipinski definition) is 2. The van der Waals surface area contributed by atoms with Gasteiger partial charge in [-0.3, -0.25) is 29.0 Å². The molecule has 20 heteroatoms. The third-order valence-electron chi connectivity index (χ3n) is 13.1. The van der Waals surface area contributed by atoms with E-state index in [0.717, 1.165) is 23.1 Å². The van der Waals surface area contributed by atoms with Gasteiger partial charge < -0.3 is 34.4 Å². The molecule has 0 bridgehead atoms. The molecule has 5 aliphatic heterocycles. The average molecular weight is 853 g/mol. The molecule has 2 aromatic carbocycles. The molecule has 15 nitrogen and oxygen atoms in total. The number of terminal acetylenes is 1. The van der Waals surface area contributed by atoms with Gasteiger partial charge in [-0.05, 0) is 36.8 Å². The maximum absolute atomic E-state index is 16.0. The standard InChI is InChI=1S/C41H37F5N6O9/c1-3-7-47-27-13-25(51-33(54)15-32(41(44,45)46)48(8-4-2)37(51)58)23(42)12-31(27)61-40(36(47)57)16-22(40)21-9-19(21)17-49-28-14-26(24(43)11-30(28)60-39(5-6-39)35(49)56)52-34(55)29-10-20(53)18-50(29)38(52)59/h1,11-15,19-22,29,37,53,58H,4-10,16-18H2,2H3. The quantitative estimate of drug-likeness (QED) is 0.229. The number of aliphatic hydroxyl groups is 2. The van der Waals surface area contributed by atoms with Gasteiger partial charge >= 0.3 is 12.2 Å². The minimum atomic E-state index is -4.99. The van der Waals surface area contributed by atoms with E-state index in [9.17, 15) is 47.4 Å². The minimum Gasteiger partial charge on any atom is -0.475 e. The summed E-state index contributed by atoms with van der Waals surface area (Å²) >= 11 is 0. The zero-order valence-electron chi connectivity index (χ0n) is 32.3. The highest BCUT2D eigenvalue weighted by molar-refractivity contribution is 6.22. The van der Waals surface area contributed by atoms with Gasteiger partial charge in [-0.2, -0.15) is 13.2 Å². The maximum atomic E-state index is 16.0. The van der Waals surface area contributed by atoms with Crippen molar-refractivity contribution in [3.8, 4) is 23.8 Å². The molecule has 10 rings (SSSR count). The second-order valence-corrected chi connectivity index (χ2v) is 16.9. The summed E-state index contributed by atoms with van der Waals surface area (Å²) in [6.45, 7) is 0.960. The number of ether oxygens (including phenoxy) is 2. The summed E-state index contributed by atoms with van der Waals surface area (Å²) in [7, 11) is 0. The maximum Gasteiger partial charge on any atom is 0.431 e. The van der Waals surface area contributed by atoms with Crippen LogP contribution >= 0.6 is 0 Å². The molecule has 2 saturated heterocycles. The highest BCUT2D eigenvalue weighted by atomic mass is 19.4. The van der Waals surface area contributed by atoms with Gasteiger partial charge in [0.15, 0.2) is 22.8 Å². The lowest BCUT2D eigenvalue weighted by atomic mass is 10.0. The summed E-state index contributed by atoms with van der Waals surface area (Å²) in [6, 6.07) is 2.50. The van der Waals surface area contributed by atoms with Gasteiger partial charge in [0.25, 0.3) is 23.6 Å². The average Bonchev–Trinajstić information content (AvgIpc) is 4.15. The van der Waals surface area contributed by atoms with E-state index in [1.54, 1.807) is 6.92 Å². The topological polar surface area (TPSA) is 164 Å². The summed E-state index contributed by atoms with van der Waals surface area (Å²) in [5.74, 6) is -3.47. The fourth-order valence-corrected chi connectivity index (χ4v) is 9.85. The lowest BCUT2D eigenvalue weighted by Gasteiger charge is -2.42. The van der Waals surface area contributed by atoms with Crippen LogP contribution in [0.5, 0.6) is 11.5 Å². The second kappa shape index (κ2) is 13.0. The number of benzene rings is 2. The number of nitrogens with zero attached hydrogens (tertiary/aromatic N) is 6. The highest BCUT2D eigenvalue weighted by Crippen LogP contribution is 2.65. The predicted octanol–water partition coefficient (Wildman–Crippen LogP) is 3.36. The summed E-state index contributed by atoms with van der Waals surface area (Å²) in [5, 5.41) is 21.1. The number of fused-ring (bicyclic) bond motifs is 3. The summed E-state index contributed by atoms with van der Waals surface area (Å²) < 4.78 is 85.5. The lowest BCUT2D eigenvalue weighted by molar-refractivity contribution is -0.141. The lowest BCUT2D eigenvalue weighted by Crippen LogP contribution is -2.56. The number of imide groups is 1. The predicted molar refractivity (Wildman–Crippen MR) is 201 cm³/mol. The zero-order chi connectivity index (χ0) is 43.2. The van der Waals surface area contributed by atoms with E-state index in [0.29, 0.717) is 29.1 Å². The van der Waals surface area contributed by atoms with Crippen LogP contribution in [-0.2, 0) is 19.2 Å². The van der Waals surface area contributed by atoms with Gasteiger partial charge in [0, 0.05) is 69.4 Å². The number of carbonyl (C=O) groups is 5. The number of rotatable bonds is 8. The number of carbonyl (C=O) groups excluding carboxylic acids is 5. The Morgan fingerprint density at radius 3 is 2.23 bits per heavy atom. The van der Waals surface area contributed by atoms with Crippen LogP contribution in [0.2, 0.25) is 0 Å². The molecule has 6 amide bonds. The van der Waals surface area contributed by atoms with Crippen LogP contribution in [-0.4, -0.2) is 112 Å². The van der Waals surface area contributed by atoms with Gasteiger partial charge in [-0.1, -0.05) is 12.8 Å². The molecule has 7 unspecified atom stereocenters. The van der Waals surface area contributed by atoms with Crippen LogP contribution in [0.15, 0.2) is 36.0 Å². The van der Waals surface area contributed by atoms with E-state index >= 15 is 8.78 Å². The molecule has 5 heterocycles. The first-order valence-corrected chi connectivity index (χ1v) is 19.9. The Morgan fingerprint density at radius 2 is 1.57 bits per heavy atom. The minimum absolute atomic E-state index is 0.0124. The Balaban J connectivity index is 0.908. The van der Waals surface area contributed by atoms with Gasteiger partial charge in [0.05, 0.1) is 35.4 Å². The van der Waals surface area contributed by atoms with E-state index < -0.39 is 88.6 Å². The van der Waals surface area contributed by atoms with Crippen LogP contribution in [0.25, 0.3) is 0 Å². The number of allylic oxidation sites excluding steroid dienone is 1. The molecule has 61 heavy (non-hydrogen) atoms. The zero-order valence-corrected chi connectivity index (χ0v) is 32.3. The molecule has 0 aromatic heterocycles. The molecule has 320 valence electrons. The van der Waals surface area contributed by atoms with Crippen LogP contribution in [0.3, 0.4) is 0 Å². The largest absolute Gasteiger partial charge is 0.475 e. The van der Waals surface area contributed by atoms with Crippen molar-refractivity contribution in [1.29, 1.82) is 0 Å². The molecule has 2 spiro atoms. The van der Waals surface area contributed by atoms with Gasteiger partial charge in [0.2, 0.25) is 6.35 Å². The molecule has 2 aromatic rings. The van der Waals surface area contributed by atoms with Crippen molar-refractivity contribution < 1.29 is 65.6 Å². The molecule has 3 aliphatic carbocycles. The Labute approximate surface area is 343 Å². The monoisotopic (exact) mass is 852 g/mol. The number of halogens is 5. The van der Waals surface area contributed by atoms with Gasteiger partial charge in [0.1, 0.15) is 23.2 Å². The Bertz CT molecular complexity index is 2410. The third-order valence-corrected chi connectivity index (χ3v) is 13.1. The summed E-state index contributed by atoms with van der Waals surface area (Å²) in [6.07, 6.45) is -0.491. The van der Waals surface area contributed by atoms with Crippen molar-refractivity contribution in [2.24, 2.45) is 17.8 Å². The number of aliphatic hydroxyl groups excluding tert-OH is 2. The van der Waals surface area contributed by atoms with Crippen molar-refractivity contribution in [1.82, 2.24) is 9.80 Å². The molecule has 0 radical (unpaired) electrons. The Hall–Kier alpha value is -5.94. The van der Waals surface area contributed by atoms with Crippen molar-refractivity contribution in [2.75, 3.05) is 45.8 Å². The van der Waals surface area contributed by atoms with Crippen molar-refractivity contribution >= 4 is 52.4 Å². The van der Waals surface area contributed by atoms with Crippen LogP contribution in [0.1, 0.15) is 45.4 Å². The van der Waals surface area contributed by atoms with Crippen LogP contribution < -0.4 is 29.1 Å². The van der Waals surface area contributed by atoms with E-state index in [1.807, 2.05) is 0 Å². The number of hydrogen-bond acceptors (Lipinski definition) is 10. The molecule has 5 fully saturated rings. The first-order chi connectivity index (χ1) is 28.9. The van der Waals surface area contributed by atoms with Crippen LogP contribution in [0.4, 0.5) is 49.5 Å².